The first-order valence-electron chi connectivity index (χ1n) is 4.74. The Kier molecular flexibility index (Phi) is 3.79. The van der Waals surface area contributed by atoms with E-state index in [1.807, 2.05) is 0 Å². The molecule has 96 valence electrons. The molecule has 0 fully saturated rings. The Hall–Kier alpha value is -1.53. The summed E-state index contributed by atoms with van der Waals surface area (Å²) in [6.45, 7) is 1.54. The Morgan fingerprint density at radius 1 is 1.41 bits per heavy atom. The molecule has 0 bridgehead atoms. The lowest BCUT2D eigenvalue weighted by Gasteiger charge is -2.17. The fourth-order valence-corrected chi connectivity index (χ4v) is 1.11. The quantitative estimate of drug-likeness (QED) is 0.468. The lowest BCUT2D eigenvalue weighted by Crippen LogP contribution is -2.35. The minimum absolute atomic E-state index is 0.00470. The monoisotopic (exact) mass is 253 g/mol. The highest BCUT2D eigenvalue weighted by atomic mass is 19.3. The first-order valence-corrected chi connectivity index (χ1v) is 4.74. The van der Waals surface area contributed by atoms with Gasteiger partial charge in [0.25, 0.3) is 0 Å². The molecule has 0 atom stereocenters. The molecular formula is C10H11F4NO2. The van der Waals surface area contributed by atoms with Gasteiger partial charge < -0.3 is 9.94 Å². The number of hydrogen-bond donors (Lipinski definition) is 0. The number of aromatic nitrogens is 1. The van der Waals surface area contributed by atoms with Gasteiger partial charge >= 0.3 is 12.3 Å². The molecule has 1 aromatic rings. The average Bonchev–Trinajstić information content (AvgIpc) is 2.25. The third-order valence-corrected chi connectivity index (χ3v) is 2.34. The Bertz CT molecular complexity index is 410. The number of halogens is 4. The summed E-state index contributed by atoms with van der Waals surface area (Å²) >= 11 is 0. The van der Waals surface area contributed by atoms with Crippen LogP contribution in [-0.2, 0) is 0 Å². The average molecular weight is 253 g/mol. The fourth-order valence-electron chi connectivity index (χ4n) is 1.11. The summed E-state index contributed by atoms with van der Waals surface area (Å²) in [6, 6.07) is 1.16. The molecule has 0 saturated heterocycles. The maximum Gasteiger partial charge on any atom is 0.340 e. The standard InChI is InChI=1S/C10H11F4NO2/c1-6-7(2)15(16)4-3-8(6)17-5-10(13,14)9(11)12/h3-4,9H,5H2,1-2H3. The van der Waals surface area contributed by atoms with Crippen LogP contribution in [0.25, 0.3) is 0 Å². The maximum absolute atomic E-state index is 12.6. The number of hydrogen-bond acceptors (Lipinski definition) is 2. The molecule has 1 rings (SSSR count). The second-order valence-corrected chi connectivity index (χ2v) is 3.57. The second-order valence-electron chi connectivity index (χ2n) is 3.57. The molecule has 0 aliphatic heterocycles. The van der Waals surface area contributed by atoms with Crippen molar-refractivity contribution in [2.45, 2.75) is 26.2 Å². The summed E-state index contributed by atoms with van der Waals surface area (Å²) in [5.74, 6) is -4.21. The van der Waals surface area contributed by atoms with Crippen LogP contribution in [0.4, 0.5) is 17.6 Å². The fraction of sp³-hybridized carbons (Fsp3) is 0.500. The van der Waals surface area contributed by atoms with E-state index in [-0.39, 0.29) is 11.4 Å². The smallest absolute Gasteiger partial charge is 0.340 e. The van der Waals surface area contributed by atoms with Crippen LogP contribution in [0.1, 0.15) is 11.3 Å². The van der Waals surface area contributed by atoms with Crippen molar-refractivity contribution in [1.82, 2.24) is 0 Å². The van der Waals surface area contributed by atoms with Gasteiger partial charge in [0, 0.05) is 13.0 Å². The summed E-state index contributed by atoms with van der Waals surface area (Å²) in [7, 11) is 0. The summed E-state index contributed by atoms with van der Waals surface area (Å²) in [5, 5.41) is 11.1. The summed E-state index contributed by atoms with van der Waals surface area (Å²) in [6.07, 6.45) is -2.71. The molecule has 7 heteroatoms. The maximum atomic E-state index is 12.6. The lowest BCUT2D eigenvalue weighted by molar-refractivity contribution is -0.612. The number of alkyl halides is 4. The van der Waals surface area contributed by atoms with Gasteiger partial charge in [-0.2, -0.15) is 13.5 Å². The molecule has 0 radical (unpaired) electrons. The molecule has 0 unspecified atom stereocenters. The van der Waals surface area contributed by atoms with Crippen LogP contribution < -0.4 is 9.47 Å². The predicted molar refractivity (Wildman–Crippen MR) is 51.3 cm³/mol. The van der Waals surface area contributed by atoms with Crippen molar-refractivity contribution in [1.29, 1.82) is 0 Å². The molecule has 0 spiro atoms. The van der Waals surface area contributed by atoms with E-state index >= 15 is 0 Å². The Balaban J connectivity index is 2.81. The van der Waals surface area contributed by atoms with E-state index in [1.165, 1.54) is 13.8 Å². The molecular weight excluding hydrogens is 242 g/mol. The zero-order valence-electron chi connectivity index (χ0n) is 9.21. The van der Waals surface area contributed by atoms with E-state index in [0.717, 1.165) is 12.3 Å². The van der Waals surface area contributed by atoms with E-state index in [2.05, 4.69) is 4.74 Å². The van der Waals surface area contributed by atoms with Crippen molar-refractivity contribution in [2.75, 3.05) is 6.61 Å². The first kappa shape index (κ1) is 13.5. The number of nitrogens with zero attached hydrogens (tertiary/aromatic N) is 1. The predicted octanol–water partition coefficient (Wildman–Crippen LogP) is 2.22. The number of ether oxygens (including phenoxy) is 1. The van der Waals surface area contributed by atoms with Gasteiger partial charge in [-0.1, -0.05) is 0 Å². The molecule has 3 nitrogen and oxygen atoms in total. The topological polar surface area (TPSA) is 36.2 Å². The van der Waals surface area contributed by atoms with Crippen LogP contribution >= 0.6 is 0 Å². The molecule has 0 saturated carbocycles. The van der Waals surface area contributed by atoms with Gasteiger partial charge in [0.05, 0.1) is 5.56 Å². The summed E-state index contributed by atoms with van der Waals surface area (Å²) in [4.78, 5) is 0. The molecule has 17 heavy (non-hydrogen) atoms. The molecule has 0 amide bonds. The Morgan fingerprint density at radius 2 is 2.00 bits per heavy atom. The van der Waals surface area contributed by atoms with Gasteiger partial charge in [0.1, 0.15) is 5.75 Å². The molecule has 0 aliphatic rings. The van der Waals surface area contributed by atoms with E-state index in [0.29, 0.717) is 10.3 Å². The third kappa shape index (κ3) is 2.98. The van der Waals surface area contributed by atoms with Crippen LogP contribution in [0.2, 0.25) is 0 Å². The first-order chi connectivity index (χ1) is 7.75. The normalized spacial score (nSPS) is 11.9. The van der Waals surface area contributed by atoms with Crippen molar-refractivity contribution < 1.29 is 27.0 Å². The van der Waals surface area contributed by atoms with Crippen molar-refractivity contribution in [3.05, 3.63) is 28.7 Å². The second kappa shape index (κ2) is 4.77. The minimum Gasteiger partial charge on any atom is -0.618 e. The highest BCUT2D eigenvalue weighted by Gasteiger charge is 2.41. The van der Waals surface area contributed by atoms with Crippen molar-refractivity contribution in [3.8, 4) is 5.75 Å². The van der Waals surface area contributed by atoms with E-state index < -0.39 is 19.0 Å². The molecule has 0 N–H and O–H groups in total. The van der Waals surface area contributed by atoms with Crippen molar-refractivity contribution >= 4 is 0 Å². The Morgan fingerprint density at radius 3 is 2.53 bits per heavy atom. The van der Waals surface area contributed by atoms with Gasteiger partial charge in [0.2, 0.25) is 0 Å². The summed E-state index contributed by atoms with van der Waals surface area (Å²) in [5.41, 5.74) is 0.607. The van der Waals surface area contributed by atoms with Crippen LogP contribution in [-0.4, -0.2) is 19.0 Å². The van der Waals surface area contributed by atoms with Gasteiger partial charge in [-0.25, -0.2) is 8.78 Å². The lowest BCUT2D eigenvalue weighted by atomic mass is 10.2. The largest absolute Gasteiger partial charge is 0.618 e. The number of rotatable bonds is 4. The molecule has 1 heterocycles. The van der Waals surface area contributed by atoms with Gasteiger partial charge in [-0.3, -0.25) is 0 Å². The van der Waals surface area contributed by atoms with Gasteiger partial charge in [-0.15, -0.1) is 0 Å². The zero-order valence-corrected chi connectivity index (χ0v) is 9.21. The van der Waals surface area contributed by atoms with E-state index in [4.69, 9.17) is 0 Å². The zero-order chi connectivity index (χ0) is 13.2. The van der Waals surface area contributed by atoms with Crippen LogP contribution in [0.5, 0.6) is 5.75 Å². The highest BCUT2D eigenvalue weighted by molar-refractivity contribution is 5.31. The van der Waals surface area contributed by atoms with Crippen molar-refractivity contribution in [3.63, 3.8) is 0 Å². The minimum atomic E-state index is -4.20. The van der Waals surface area contributed by atoms with E-state index in [9.17, 15) is 22.8 Å². The van der Waals surface area contributed by atoms with Crippen molar-refractivity contribution in [2.24, 2.45) is 0 Å². The molecule has 0 aromatic carbocycles. The molecule has 1 aromatic heterocycles. The summed E-state index contributed by atoms with van der Waals surface area (Å²) < 4.78 is 54.1. The van der Waals surface area contributed by atoms with Gasteiger partial charge in [-0.05, 0) is 6.92 Å². The third-order valence-electron chi connectivity index (χ3n) is 2.34. The van der Waals surface area contributed by atoms with Crippen LogP contribution in [0.15, 0.2) is 12.3 Å². The Labute approximate surface area is 95.2 Å². The van der Waals surface area contributed by atoms with Crippen LogP contribution in [0.3, 0.4) is 0 Å². The van der Waals surface area contributed by atoms with Crippen LogP contribution in [0, 0.1) is 19.1 Å². The molecule has 0 aliphatic carbocycles. The number of pyridine rings is 1. The SMILES string of the molecule is Cc1c(OCC(F)(F)C(F)F)cc[n+]([O-])c1C. The van der Waals surface area contributed by atoms with Gasteiger partial charge in [0.15, 0.2) is 18.5 Å². The highest BCUT2D eigenvalue weighted by Crippen LogP contribution is 2.25. The van der Waals surface area contributed by atoms with E-state index in [1.54, 1.807) is 0 Å².